The van der Waals surface area contributed by atoms with Crippen LogP contribution in [0.2, 0.25) is 0 Å². The van der Waals surface area contributed by atoms with E-state index in [9.17, 15) is 9.59 Å². The largest absolute Gasteiger partial charge is 0.497 e. The van der Waals surface area contributed by atoms with E-state index < -0.39 is 0 Å². The summed E-state index contributed by atoms with van der Waals surface area (Å²) in [6, 6.07) is 15.1. The van der Waals surface area contributed by atoms with Crippen molar-refractivity contribution in [3.05, 3.63) is 54.1 Å². The molecule has 3 amide bonds. The number of likely N-dealkylation sites (tertiary alicyclic amines) is 1. The topological polar surface area (TPSA) is 79.9 Å². The van der Waals surface area contributed by atoms with E-state index >= 15 is 0 Å². The molecule has 0 unspecified atom stereocenters. The van der Waals surface area contributed by atoms with Crippen LogP contribution in [0, 0.1) is 5.92 Å². The first kappa shape index (κ1) is 23.4. The van der Waals surface area contributed by atoms with Gasteiger partial charge in [0.25, 0.3) is 0 Å². The molecule has 0 aromatic heterocycles. The number of urea groups is 1. The first-order valence-corrected chi connectivity index (χ1v) is 11.2. The molecule has 0 spiro atoms. The maximum Gasteiger partial charge on any atom is 0.317 e. The zero-order chi connectivity index (χ0) is 22.9. The molecule has 3 rings (SSSR count). The molecule has 0 radical (unpaired) electrons. The Morgan fingerprint density at radius 3 is 2.34 bits per heavy atom. The van der Waals surface area contributed by atoms with Gasteiger partial charge in [-0.3, -0.25) is 4.79 Å². The lowest BCUT2D eigenvalue weighted by molar-refractivity contribution is -0.121. The van der Waals surface area contributed by atoms with Gasteiger partial charge in [-0.2, -0.15) is 0 Å². The molecule has 0 saturated carbocycles. The molecular formula is C25H33N3O4. The molecular weight excluding hydrogens is 406 g/mol. The van der Waals surface area contributed by atoms with Gasteiger partial charge >= 0.3 is 6.03 Å². The molecule has 1 aliphatic heterocycles. The number of nitrogens with one attached hydrogen (secondary N) is 2. The maximum atomic E-state index is 13.1. The summed E-state index contributed by atoms with van der Waals surface area (Å²) < 4.78 is 10.6. The average Bonchev–Trinajstić information content (AvgIpc) is 2.83. The fourth-order valence-corrected chi connectivity index (χ4v) is 4.03. The van der Waals surface area contributed by atoms with Crippen LogP contribution < -0.4 is 20.1 Å². The lowest BCUT2D eigenvalue weighted by Gasteiger charge is -2.39. The number of unbranched alkanes of at least 4 members (excludes halogenated alkanes) is 1. The van der Waals surface area contributed by atoms with Crippen molar-refractivity contribution in [1.29, 1.82) is 0 Å². The number of anilines is 1. The lowest BCUT2D eigenvalue weighted by Crippen LogP contribution is -2.49. The van der Waals surface area contributed by atoms with Crippen molar-refractivity contribution in [3.63, 3.8) is 0 Å². The van der Waals surface area contributed by atoms with Gasteiger partial charge < -0.3 is 25.0 Å². The monoisotopic (exact) mass is 439 g/mol. The van der Waals surface area contributed by atoms with Crippen molar-refractivity contribution < 1.29 is 19.1 Å². The highest BCUT2D eigenvalue weighted by Gasteiger charge is 2.35. The van der Waals surface area contributed by atoms with Crippen LogP contribution in [0.4, 0.5) is 10.5 Å². The number of carbonyl (C=O) groups is 2. The van der Waals surface area contributed by atoms with Gasteiger partial charge in [0.05, 0.1) is 26.2 Å². The van der Waals surface area contributed by atoms with Crippen LogP contribution in [0.25, 0.3) is 0 Å². The summed E-state index contributed by atoms with van der Waals surface area (Å²) in [4.78, 5) is 27.9. The van der Waals surface area contributed by atoms with Crippen LogP contribution >= 0.6 is 0 Å². The van der Waals surface area contributed by atoms with Crippen LogP contribution in [-0.4, -0.2) is 44.1 Å². The van der Waals surface area contributed by atoms with Gasteiger partial charge in [0.2, 0.25) is 5.91 Å². The Kier molecular flexibility index (Phi) is 8.36. The van der Waals surface area contributed by atoms with Crippen LogP contribution in [0.5, 0.6) is 11.5 Å². The number of hydrogen-bond acceptors (Lipinski definition) is 4. The number of methoxy groups -OCH3 is 2. The second-order valence-electron chi connectivity index (χ2n) is 8.03. The van der Waals surface area contributed by atoms with E-state index in [1.165, 1.54) is 0 Å². The van der Waals surface area contributed by atoms with Crippen molar-refractivity contribution >= 4 is 17.6 Å². The molecule has 7 nitrogen and oxygen atoms in total. The molecule has 1 aliphatic rings. The SMILES string of the molecule is CCCCNC(=O)N1C[C@@H](C(=O)Nc2cc(OC)cc(OC)c2)CC[C@@H]1c1ccccc1. The third-order valence-electron chi connectivity index (χ3n) is 5.82. The molecule has 172 valence electrons. The highest BCUT2D eigenvalue weighted by molar-refractivity contribution is 5.93. The van der Waals surface area contributed by atoms with Crippen LogP contribution in [0.3, 0.4) is 0 Å². The number of carbonyl (C=O) groups excluding carboxylic acids is 2. The maximum absolute atomic E-state index is 13.1. The standard InChI is InChI=1S/C25H33N3O4/c1-4-5-13-26-25(30)28-17-19(11-12-23(28)18-9-7-6-8-10-18)24(29)27-20-14-21(31-2)16-22(15-20)32-3/h6-10,14-16,19,23H,4-5,11-13,17H2,1-3H3,(H,26,30)(H,27,29)/t19-,23+/m0/s1. The number of rotatable bonds is 8. The number of piperidine rings is 1. The van der Waals surface area contributed by atoms with Gasteiger partial charge in [0.1, 0.15) is 11.5 Å². The molecule has 2 N–H and O–H groups in total. The van der Waals surface area contributed by atoms with Gasteiger partial charge in [-0.05, 0) is 24.8 Å². The van der Waals surface area contributed by atoms with Crippen LogP contribution in [-0.2, 0) is 4.79 Å². The first-order chi connectivity index (χ1) is 15.5. The summed E-state index contributed by atoms with van der Waals surface area (Å²) in [7, 11) is 3.14. The van der Waals surface area contributed by atoms with E-state index in [0.29, 0.717) is 36.7 Å². The van der Waals surface area contributed by atoms with E-state index in [4.69, 9.17) is 9.47 Å². The zero-order valence-corrected chi connectivity index (χ0v) is 19.1. The number of amides is 3. The third kappa shape index (κ3) is 5.93. The Bertz CT molecular complexity index is 881. The van der Waals surface area contributed by atoms with E-state index in [1.54, 1.807) is 32.4 Å². The van der Waals surface area contributed by atoms with Gasteiger partial charge in [0.15, 0.2) is 0 Å². The van der Waals surface area contributed by atoms with Crippen molar-refractivity contribution in [2.75, 3.05) is 32.6 Å². The zero-order valence-electron chi connectivity index (χ0n) is 19.1. The Morgan fingerprint density at radius 1 is 1.03 bits per heavy atom. The van der Waals surface area contributed by atoms with E-state index in [1.807, 2.05) is 35.2 Å². The van der Waals surface area contributed by atoms with E-state index in [2.05, 4.69) is 17.6 Å². The summed E-state index contributed by atoms with van der Waals surface area (Å²) in [5.41, 5.74) is 1.70. The summed E-state index contributed by atoms with van der Waals surface area (Å²) in [6.45, 7) is 3.09. The molecule has 0 bridgehead atoms. The molecule has 2 aromatic carbocycles. The second kappa shape index (κ2) is 11.4. The van der Waals surface area contributed by atoms with Crippen molar-refractivity contribution in [2.45, 2.75) is 38.6 Å². The number of hydrogen-bond donors (Lipinski definition) is 2. The van der Waals surface area contributed by atoms with Crippen molar-refractivity contribution in [3.8, 4) is 11.5 Å². The highest BCUT2D eigenvalue weighted by Crippen LogP contribution is 2.34. The molecule has 2 aromatic rings. The van der Waals surface area contributed by atoms with Crippen molar-refractivity contribution in [1.82, 2.24) is 10.2 Å². The Hall–Kier alpha value is -3.22. The predicted molar refractivity (Wildman–Crippen MR) is 125 cm³/mol. The average molecular weight is 440 g/mol. The summed E-state index contributed by atoms with van der Waals surface area (Å²) in [6.07, 6.45) is 3.37. The van der Waals surface area contributed by atoms with Crippen LogP contribution in [0.15, 0.2) is 48.5 Å². The van der Waals surface area contributed by atoms with Crippen molar-refractivity contribution in [2.24, 2.45) is 5.92 Å². The van der Waals surface area contributed by atoms with Gasteiger partial charge in [-0.1, -0.05) is 43.7 Å². The Balaban J connectivity index is 1.74. The minimum Gasteiger partial charge on any atom is -0.497 e. The van der Waals surface area contributed by atoms with E-state index in [-0.39, 0.29) is 23.9 Å². The number of benzene rings is 2. The third-order valence-corrected chi connectivity index (χ3v) is 5.82. The first-order valence-electron chi connectivity index (χ1n) is 11.2. The number of ether oxygens (including phenoxy) is 2. The summed E-state index contributed by atoms with van der Waals surface area (Å²) >= 11 is 0. The van der Waals surface area contributed by atoms with Crippen LogP contribution in [0.1, 0.15) is 44.2 Å². The molecule has 1 saturated heterocycles. The predicted octanol–water partition coefficient (Wildman–Crippen LogP) is 4.61. The Morgan fingerprint density at radius 2 is 1.72 bits per heavy atom. The summed E-state index contributed by atoms with van der Waals surface area (Å²) in [5, 5.41) is 5.98. The highest BCUT2D eigenvalue weighted by atomic mass is 16.5. The lowest BCUT2D eigenvalue weighted by atomic mass is 9.88. The molecule has 7 heteroatoms. The normalized spacial score (nSPS) is 18.0. The quantitative estimate of drug-likeness (QED) is 0.589. The minimum absolute atomic E-state index is 0.0428. The second-order valence-corrected chi connectivity index (χ2v) is 8.03. The smallest absolute Gasteiger partial charge is 0.317 e. The van der Waals surface area contributed by atoms with Gasteiger partial charge in [0, 0.05) is 37.0 Å². The molecule has 0 aliphatic carbocycles. The van der Waals surface area contributed by atoms with E-state index in [0.717, 1.165) is 24.8 Å². The molecule has 1 heterocycles. The summed E-state index contributed by atoms with van der Waals surface area (Å²) in [5.74, 6) is 0.788. The Labute approximate surface area is 190 Å². The molecule has 1 fully saturated rings. The molecule has 2 atom stereocenters. The fourth-order valence-electron chi connectivity index (χ4n) is 4.03. The van der Waals surface area contributed by atoms with Gasteiger partial charge in [-0.25, -0.2) is 4.79 Å². The molecule has 32 heavy (non-hydrogen) atoms. The minimum atomic E-state index is -0.302. The number of nitrogens with zero attached hydrogens (tertiary/aromatic N) is 1. The fraction of sp³-hybridized carbons (Fsp3) is 0.440. The van der Waals surface area contributed by atoms with Gasteiger partial charge in [-0.15, -0.1) is 0 Å².